The topological polar surface area (TPSA) is 114 Å². The van der Waals surface area contributed by atoms with Crippen molar-refractivity contribution in [2.24, 2.45) is 5.10 Å². The Morgan fingerprint density at radius 2 is 2.07 bits per heavy atom. The number of phenols is 1. The van der Waals surface area contributed by atoms with Crippen LogP contribution in [0.2, 0.25) is 5.02 Å². The number of phenolic OH excluding ortho intramolecular Hbond substituents is 1. The highest BCUT2D eigenvalue weighted by Crippen LogP contribution is 2.30. The van der Waals surface area contributed by atoms with Gasteiger partial charge in [-0.2, -0.15) is 10.4 Å². The summed E-state index contributed by atoms with van der Waals surface area (Å²) in [5.74, 6) is 0.0193. The normalized spacial score (nSPS) is 10.7. The van der Waals surface area contributed by atoms with Crippen LogP contribution in [0.1, 0.15) is 11.1 Å². The van der Waals surface area contributed by atoms with E-state index in [9.17, 15) is 15.2 Å². The predicted octanol–water partition coefficient (Wildman–Crippen LogP) is 3.88. The second-order valence-corrected chi connectivity index (χ2v) is 6.60. The first-order valence-electron chi connectivity index (χ1n) is 7.56. The quantitative estimate of drug-likeness (QED) is 0.417. The van der Waals surface area contributed by atoms with Crippen LogP contribution in [0.15, 0.2) is 56.8 Å². The standard InChI is InChI=1S/C18H11BrClN5O2/c19-14-7-12(20)6-11(16(14)26)9-22-25-18-23-15(10-4-2-1-3-5-10)13(8-21)17(27)24-18/h1-7,9,26H,(H2,23,24,25,27). The maximum absolute atomic E-state index is 12.2. The summed E-state index contributed by atoms with van der Waals surface area (Å²) in [5.41, 5.74) is 3.14. The summed E-state index contributed by atoms with van der Waals surface area (Å²) in [6.07, 6.45) is 1.33. The number of nitriles is 1. The van der Waals surface area contributed by atoms with Gasteiger partial charge in [0.1, 0.15) is 17.4 Å². The van der Waals surface area contributed by atoms with E-state index in [1.54, 1.807) is 30.3 Å². The molecule has 0 spiro atoms. The average molecular weight is 445 g/mol. The molecule has 0 unspecified atom stereocenters. The average Bonchev–Trinajstić information content (AvgIpc) is 2.66. The van der Waals surface area contributed by atoms with E-state index in [-0.39, 0.29) is 23.0 Å². The zero-order valence-electron chi connectivity index (χ0n) is 13.6. The molecule has 2 aromatic carbocycles. The highest BCUT2D eigenvalue weighted by atomic mass is 79.9. The lowest BCUT2D eigenvalue weighted by molar-refractivity contribution is 0.471. The van der Waals surface area contributed by atoms with Gasteiger partial charge in [-0.15, -0.1) is 0 Å². The number of nitrogens with zero attached hydrogens (tertiary/aromatic N) is 3. The number of benzene rings is 2. The van der Waals surface area contributed by atoms with Crippen LogP contribution >= 0.6 is 27.5 Å². The molecule has 0 amide bonds. The number of hydrogen-bond acceptors (Lipinski definition) is 6. The molecule has 27 heavy (non-hydrogen) atoms. The molecule has 0 saturated heterocycles. The van der Waals surface area contributed by atoms with E-state index in [2.05, 4.69) is 36.4 Å². The highest BCUT2D eigenvalue weighted by Gasteiger charge is 2.13. The van der Waals surface area contributed by atoms with Crippen LogP contribution in [-0.4, -0.2) is 21.3 Å². The Balaban J connectivity index is 1.94. The van der Waals surface area contributed by atoms with E-state index in [4.69, 9.17) is 11.6 Å². The summed E-state index contributed by atoms with van der Waals surface area (Å²) in [6, 6.07) is 13.8. The molecule has 1 heterocycles. The number of hydrazone groups is 1. The van der Waals surface area contributed by atoms with E-state index in [0.29, 0.717) is 20.6 Å². The molecule has 0 aliphatic rings. The summed E-state index contributed by atoms with van der Waals surface area (Å²) in [6.45, 7) is 0. The molecule has 1 aromatic heterocycles. The first-order chi connectivity index (χ1) is 13.0. The summed E-state index contributed by atoms with van der Waals surface area (Å²) in [4.78, 5) is 18.9. The molecule has 0 saturated carbocycles. The first-order valence-corrected chi connectivity index (χ1v) is 8.73. The molecule has 0 aliphatic carbocycles. The molecule has 9 heteroatoms. The molecule has 3 rings (SSSR count). The smallest absolute Gasteiger partial charge is 0.270 e. The van der Waals surface area contributed by atoms with Gasteiger partial charge < -0.3 is 5.11 Å². The first kappa shape index (κ1) is 18.6. The second kappa shape index (κ2) is 8.03. The van der Waals surface area contributed by atoms with Gasteiger partial charge in [-0.05, 0) is 28.1 Å². The Hall–Kier alpha value is -3.15. The van der Waals surface area contributed by atoms with Crippen LogP contribution in [0, 0.1) is 11.3 Å². The Morgan fingerprint density at radius 3 is 2.78 bits per heavy atom. The SMILES string of the molecule is N#Cc1c(-c2ccccc2)nc(NN=Cc2cc(Cl)cc(Br)c2O)[nH]c1=O. The van der Waals surface area contributed by atoms with Gasteiger partial charge in [0, 0.05) is 16.1 Å². The van der Waals surface area contributed by atoms with Crippen molar-refractivity contribution < 1.29 is 5.11 Å². The molecular weight excluding hydrogens is 434 g/mol. The second-order valence-electron chi connectivity index (χ2n) is 5.31. The molecule has 7 nitrogen and oxygen atoms in total. The largest absolute Gasteiger partial charge is 0.506 e. The molecule has 0 bridgehead atoms. The lowest BCUT2D eigenvalue weighted by Gasteiger charge is -2.06. The lowest BCUT2D eigenvalue weighted by atomic mass is 10.1. The zero-order valence-corrected chi connectivity index (χ0v) is 15.9. The number of aromatic nitrogens is 2. The van der Waals surface area contributed by atoms with Crippen molar-refractivity contribution in [3.05, 3.63) is 73.4 Å². The van der Waals surface area contributed by atoms with E-state index < -0.39 is 5.56 Å². The Morgan fingerprint density at radius 1 is 1.33 bits per heavy atom. The van der Waals surface area contributed by atoms with Crippen molar-refractivity contribution in [3.8, 4) is 23.1 Å². The minimum atomic E-state index is -0.586. The van der Waals surface area contributed by atoms with Crippen molar-refractivity contribution in [3.63, 3.8) is 0 Å². The predicted molar refractivity (Wildman–Crippen MR) is 107 cm³/mol. The van der Waals surface area contributed by atoms with E-state index in [0.717, 1.165) is 0 Å². The van der Waals surface area contributed by atoms with Crippen LogP contribution < -0.4 is 11.0 Å². The summed E-state index contributed by atoms with van der Waals surface area (Å²) in [5, 5.41) is 23.6. The monoisotopic (exact) mass is 443 g/mol. The van der Waals surface area contributed by atoms with Gasteiger partial charge in [-0.1, -0.05) is 41.9 Å². The van der Waals surface area contributed by atoms with Crippen molar-refractivity contribution in [1.82, 2.24) is 9.97 Å². The maximum atomic E-state index is 12.2. The molecule has 0 radical (unpaired) electrons. The summed E-state index contributed by atoms with van der Waals surface area (Å²) in [7, 11) is 0. The molecule has 0 fully saturated rings. The van der Waals surface area contributed by atoms with Crippen LogP contribution in [0.5, 0.6) is 5.75 Å². The third-order valence-electron chi connectivity index (χ3n) is 3.51. The third-order valence-corrected chi connectivity index (χ3v) is 4.33. The Kier molecular flexibility index (Phi) is 5.54. The van der Waals surface area contributed by atoms with Crippen LogP contribution in [0.3, 0.4) is 0 Å². The van der Waals surface area contributed by atoms with E-state index in [1.165, 1.54) is 12.3 Å². The fraction of sp³-hybridized carbons (Fsp3) is 0. The lowest BCUT2D eigenvalue weighted by Crippen LogP contribution is -2.16. The van der Waals surface area contributed by atoms with Crippen LogP contribution in [-0.2, 0) is 0 Å². The Labute approximate surface area is 167 Å². The Bertz CT molecular complexity index is 1120. The van der Waals surface area contributed by atoms with Gasteiger partial charge in [0.15, 0.2) is 0 Å². The minimum absolute atomic E-state index is 0.0313. The maximum Gasteiger partial charge on any atom is 0.270 e. The van der Waals surface area contributed by atoms with Crippen molar-refractivity contribution >= 4 is 39.7 Å². The molecule has 134 valence electrons. The van der Waals surface area contributed by atoms with Gasteiger partial charge in [0.2, 0.25) is 5.95 Å². The van der Waals surface area contributed by atoms with Crippen LogP contribution in [0.25, 0.3) is 11.3 Å². The number of aromatic hydroxyl groups is 1. The van der Waals surface area contributed by atoms with E-state index >= 15 is 0 Å². The van der Waals surface area contributed by atoms with Crippen molar-refractivity contribution in [1.29, 1.82) is 5.26 Å². The van der Waals surface area contributed by atoms with Gasteiger partial charge in [-0.25, -0.2) is 10.4 Å². The summed E-state index contributed by atoms with van der Waals surface area (Å²) < 4.78 is 0.424. The number of hydrogen-bond donors (Lipinski definition) is 3. The molecule has 3 N–H and O–H groups in total. The molecule has 0 aliphatic heterocycles. The molecule has 0 atom stereocenters. The molecule has 3 aromatic rings. The minimum Gasteiger partial charge on any atom is -0.506 e. The molecular formula is C18H11BrClN5O2. The number of nitrogens with one attached hydrogen (secondary N) is 2. The van der Waals surface area contributed by atoms with Crippen molar-refractivity contribution in [2.75, 3.05) is 5.43 Å². The number of anilines is 1. The van der Waals surface area contributed by atoms with E-state index in [1.807, 2.05) is 12.1 Å². The number of halogens is 2. The number of aromatic amines is 1. The summed E-state index contributed by atoms with van der Waals surface area (Å²) >= 11 is 9.13. The van der Waals surface area contributed by atoms with Crippen molar-refractivity contribution in [2.45, 2.75) is 0 Å². The van der Waals surface area contributed by atoms with Gasteiger partial charge >= 0.3 is 0 Å². The zero-order chi connectivity index (χ0) is 19.4. The highest BCUT2D eigenvalue weighted by molar-refractivity contribution is 9.10. The van der Waals surface area contributed by atoms with Gasteiger partial charge in [0.05, 0.1) is 16.4 Å². The number of rotatable bonds is 4. The third kappa shape index (κ3) is 4.16. The van der Waals surface area contributed by atoms with Crippen LogP contribution in [0.4, 0.5) is 5.95 Å². The van der Waals surface area contributed by atoms with Gasteiger partial charge in [0.25, 0.3) is 5.56 Å². The fourth-order valence-corrected chi connectivity index (χ4v) is 3.12. The fourth-order valence-electron chi connectivity index (χ4n) is 2.28. The van der Waals surface area contributed by atoms with Gasteiger partial charge in [-0.3, -0.25) is 9.78 Å². The number of H-pyrrole nitrogens is 1.